The highest BCUT2D eigenvalue weighted by Crippen LogP contribution is 2.25. The predicted octanol–water partition coefficient (Wildman–Crippen LogP) is 3.46. The second-order valence-corrected chi connectivity index (χ2v) is 8.58. The van der Waals surface area contributed by atoms with E-state index in [4.69, 9.17) is 4.84 Å². The minimum atomic E-state index is -3.81. The van der Waals surface area contributed by atoms with E-state index >= 15 is 0 Å². The van der Waals surface area contributed by atoms with Crippen LogP contribution < -0.4 is 15.5 Å². The van der Waals surface area contributed by atoms with Crippen molar-refractivity contribution in [1.82, 2.24) is 25.1 Å². The van der Waals surface area contributed by atoms with Gasteiger partial charge in [-0.15, -0.1) is 0 Å². The third-order valence-corrected chi connectivity index (χ3v) is 5.39. The van der Waals surface area contributed by atoms with Crippen LogP contribution in [0.2, 0.25) is 0 Å². The number of nitrogens with zero attached hydrogens (tertiary/aromatic N) is 3. The number of anilines is 4. The van der Waals surface area contributed by atoms with Gasteiger partial charge < -0.3 is 10.6 Å². The first-order chi connectivity index (χ1) is 14.9. The number of sulfonamides is 1. The average Bonchev–Trinajstić information content (AvgIpc) is 3.23. The number of hydrogen-bond acceptors (Lipinski definition) is 8. The lowest BCUT2D eigenvalue weighted by molar-refractivity contribution is 0.0409. The molecule has 0 fully saturated rings. The van der Waals surface area contributed by atoms with E-state index in [0.29, 0.717) is 17.5 Å². The smallest absolute Gasteiger partial charge is 0.262 e. The van der Waals surface area contributed by atoms with Crippen molar-refractivity contribution in [2.45, 2.75) is 24.8 Å². The summed E-state index contributed by atoms with van der Waals surface area (Å²) in [5, 5.41) is 14.2. The monoisotopic (exact) mass is 439 g/mol. The molecule has 4 N–H and O–H groups in total. The molecule has 11 heteroatoms. The third-order valence-electron chi connectivity index (χ3n) is 4.20. The Bertz CT molecular complexity index is 1300. The van der Waals surface area contributed by atoms with Gasteiger partial charge in [-0.05, 0) is 50.2 Å². The van der Waals surface area contributed by atoms with E-state index in [0.717, 1.165) is 16.6 Å². The largest absolute Gasteiger partial charge is 0.339 e. The summed E-state index contributed by atoms with van der Waals surface area (Å²) in [6.45, 7) is 3.46. The fourth-order valence-corrected chi connectivity index (χ4v) is 3.74. The summed E-state index contributed by atoms with van der Waals surface area (Å²) in [5.41, 5.74) is 2.27. The molecule has 160 valence electrons. The van der Waals surface area contributed by atoms with Gasteiger partial charge in [0.05, 0.1) is 28.4 Å². The molecule has 4 aromatic rings. The Morgan fingerprint density at radius 3 is 2.74 bits per heavy atom. The van der Waals surface area contributed by atoms with Crippen molar-refractivity contribution in [3.05, 3.63) is 60.9 Å². The zero-order chi connectivity index (χ0) is 21.8. The summed E-state index contributed by atoms with van der Waals surface area (Å²) in [5.74, 6) is 0.882. The Morgan fingerprint density at radius 1 is 1.06 bits per heavy atom. The lowest BCUT2D eigenvalue weighted by atomic mass is 10.2. The summed E-state index contributed by atoms with van der Waals surface area (Å²) >= 11 is 0. The Kier molecular flexibility index (Phi) is 5.80. The normalized spacial score (nSPS) is 11.7. The van der Waals surface area contributed by atoms with Gasteiger partial charge in [-0.1, -0.05) is 17.0 Å². The number of aromatic nitrogens is 4. The van der Waals surface area contributed by atoms with Crippen LogP contribution in [0.1, 0.15) is 13.8 Å². The van der Waals surface area contributed by atoms with Crippen LogP contribution in [0.3, 0.4) is 0 Å². The highest BCUT2D eigenvalue weighted by Gasteiger charge is 2.15. The zero-order valence-corrected chi connectivity index (χ0v) is 17.6. The first kappa shape index (κ1) is 20.7. The Morgan fingerprint density at radius 2 is 1.90 bits per heavy atom. The van der Waals surface area contributed by atoms with E-state index < -0.39 is 10.0 Å². The maximum Gasteiger partial charge on any atom is 0.262 e. The fraction of sp³-hybridized carbons (Fsp3) is 0.150. The summed E-state index contributed by atoms with van der Waals surface area (Å²) < 4.78 is 24.7. The Labute approximate surface area is 179 Å². The molecule has 0 saturated heterocycles. The van der Waals surface area contributed by atoms with Gasteiger partial charge in [0.25, 0.3) is 10.0 Å². The standard InChI is InChI=1S/C20H21N7O3S/c1-13(2)30-27-31(28,29)15-6-3-5-14(11-15)23-20-21-10-9-19(25-20)24-17-7-4-8-18-16(17)12-22-26-18/h3-13,27H,1-2H3,(H,22,26)(H2,21,23,24,25). The molecular weight excluding hydrogens is 418 g/mol. The molecule has 0 saturated carbocycles. The average molecular weight is 440 g/mol. The maximum absolute atomic E-state index is 12.4. The molecule has 0 unspecified atom stereocenters. The van der Waals surface area contributed by atoms with Gasteiger partial charge in [-0.2, -0.15) is 10.1 Å². The molecule has 2 heterocycles. The molecule has 10 nitrogen and oxygen atoms in total. The molecule has 0 radical (unpaired) electrons. The van der Waals surface area contributed by atoms with Crippen LogP contribution in [0.25, 0.3) is 10.9 Å². The molecule has 2 aromatic heterocycles. The molecular formula is C20H21N7O3S. The number of rotatable bonds is 8. The van der Waals surface area contributed by atoms with Crippen LogP contribution in [-0.2, 0) is 14.9 Å². The van der Waals surface area contributed by atoms with Crippen molar-refractivity contribution in [2.75, 3.05) is 10.6 Å². The number of benzene rings is 2. The Hall–Kier alpha value is -3.54. The maximum atomic E-state index is 12.4. The molecule has 31 heavy (non-hydrogen) atoms. The first-order valence-electron chi connectivity index (χ1n) is 9.47. The van der Waals surface area contributed by atoms with E-state index in [1.807, 2.05) is 18.2 Å². The van der Waals surface area contributed by atoms with Crippen LogP contribution >= 0.6 is 0 Å². The SMILES string of the molecule is CC(C)ONS(=O)(=O)c1cccc(Nc2nccc(Nc3cccc4[nH]ncc34)n2)c1. The summed E-state index contributed by atoms with van der Waals surface area (Å²) in [7, 11) is -3.81. The van der Waals surface area contributed by atoms with Gasteiger partial charge in [-0.3, -0.25) is 9.94 Å². The Balaban J connectivity index is 1.52. The van der Waals surface area contributed by atoms with E-state index in [2.05, 4.69) is 35.7 Å². The molecule has 0 bridgehead atoms. The van der Waals surface area contributed by atoms with E-state index in [9.17, 15) is 8.42 Å². The predicted molar refractivity (Wildman–Crippen MR) is 118 cm³/mol. The van der Waals surface area contributed by atoms with Crippen LogP contribution in [0.15, 0.2) is 65.8 Å². The molecule has 0 amide bonds. The molecule has 4 rings (SSSR count). The number of aromatic amines is 1. The zero-order valence-electron chi connectivity index (χ0n) is 16.8. The van der Waals surface area contributed by atoms with Gasteiger partial charge in [0, 0.05) is 17.3 Å². The van der Waals surface area contributed by atoms with Gasteiger partial charge in [0.1, 0.15) is 5.82 Å². The van der Waals surface area contributed by atoms with E-state index in [-0.39, 0.29) is 11.0 Å². The number of nitrogens with one attached hydrogen (secondary N) is 4. The van der Waals surface area contributed by atoms with Gasteiger partial charge in [0.2, 0.25) is 5.95 Å². The van der Waals surface area contributed by atoms with Crippen molar-refractivity contribution in [1.29, 1.82) is 0 Å². The molecule has 2 aromatic carbocycles. The van der Waals surface area contributed by atoms with Crippen molar-refractivity contribution < 1.29 is 13.3 Å². The van der Waals surface area contributed by atoms with E-state index in [1.54, 1.807) is 44.4 Å². The minimum Gasteiger partial charge on any atom is -0.339 e. The van der Waals surface area contributed by atoms with Crippen LogP contribution in [0.4, 0.5) is 23.1 Å². The summed E-state index contributed by atoms with van der Waals surface area (Å²) in [6, 6.07) is 13.8. The highest BCUT2D eigenvalue weighted by molar-refractivity contribution is 7.89. The van der Waals surface area contributed by atoms with Gasteiger partial charge in [-0.25, -0.2) is 13.4 Å². The molecule has 0 atom stereocenters. The lowest BCUT2D eigenvalue weighted by Crippen LogP contribution is -2.27. The lowest BCUT2D eigenvalue weighted by Gasteiger charge is -2.12. The number of hydrogen-bond donors (Lipinski definition) is 4. The number of H-pyrrole nitrogens is 1. The first-order valence-corrected chi connectivity index (χ1v) is 11.0. The quantitative estimate of drug-likeness (QED) is 0.307. The highest BCUT2D eigenvalue weighted by atomic mass is 32.2. The molecule has 0 aliphatic heterocycles. The van der Waals surface area contributed by atoms with Crippen LogP contribution in [0, 0.1) is 0 Å². The topological polar surface area (TPSA) is 134 Å². The van der Waals surface area contributed by atoms with Crippen molar-refractivity contribution in [3.63, 3.8) is 0 Å². The van der Waals surface area contributed by atoms with Crippen molar-refractivity contribution >= 4 is 44.1 Å². The van der Waals surface area contributed by atoms with Gasteiger partial charge in [0.15, 0.2) is 0 Å². The minimum absolute atomic E-state index is 0.0547. The molecule has 0 aliphatic rings. The second kappa shape index (κ2) is 8.68. The van der Waals surface area contributed by atoms with Gasteiger partial charge >= 0.3 is 0 Å². The second-order valence-electron chi connectivity index (χ2n) is 6.93. The third kappa shape index (κ3) is 4.97. The summed E-state index contributed by atoms with van der Waals surface area (Å²) in [4.78, 5) is 15.8. The summed E-state index contributed by atoms with van der Waals surface area (Å²) in [6.07, 6.45) is 3.06. The van der Waals surface area contributed by atoms with Crippen LogP contribution in [0.5, 0.6) is 0 Å². The molecule has 0 aliphatic carbocycles. The number of fused-ring (bicyclic) bond motifs is 1. The van der Waals surface area contributed by atoms with Crippen molar-refractivity contribution in [3.8, 4) is 0 Å². The molecule has 0 spiro atoms. The van der Waals surface area contributed by atoms with Crippen molar-refractivity contribution in [2.24, 2.45) is 0 Å². The van der Waals surface area contributed by atoms with E-state index in [1.165, 1.54) is 12.1 Å². The van der Waals surface area contributed by atoms with Crippen LogP contribution in [-0.4, -0.2) is 34.7 Å². The fourth-order valence-electron chi connectivity index (χ4n) is 2.78.